The Morgan fingerprint density at radius 3 is 2.29 bits per heavy atom. The molecule has 186 valence electrons. The summed E-state index contributed by atoms with van der Waals surface area (Å²) in [5.41, 5.74) is 1.62. The zero-order valence-corrected chi connectivity index (χ0v) is 21.0. The van der Waals surface area contributed by atoms with Crippen LogP contribution in [0, 0.1) is 11.7 Å². The van der Waals surface area contributed by atoms with Gasteiger partial charge in [-0.25, -0.2) is 19.2 Å². The summed E-state index contributed by atoms with van der Waals surface area (Å²) in [5.74, 6) is 0.0467. The molecule has 34 heavy (non-hydrogen) atoms. The number of rotatable bonds is 13. The van der Waals surface area contributed by atoms with Gasteiger partial charge in [-0.15, -0.1) is 0 Å². The molecule has 1 heterocycles. The van der Waals surface area contributed by atoms with Gasteiger partial charge < -0.3 is 4.74 Å². The van der Waals surface area contributed by atoms with Crippen LogP contribution in [-0.4, -0.2) is 22.0 Å². The molecule has 1 aromatic heterocycles. The average molecular weight is 469 g/mol. The Labute approximate surface area is 204 Å². The number of ether oxygens (including phenoxy) is 1. The van der Waals surface area contributed by atoms with E-state index in [1.54, 1.807) is 18.5 Å². The van der Waals surface area contributed by atoms with Gasteiger partial charge in [-0.2, -0.15) is 0 Å². The highest BCUT2D eigenvalue weighted by molar-refractivity contribution is 5.90. The summed E-state index contributed by atoms with van der Waals surface area (Å²) in [6.07, 6.45) is 19.8. The van der Waals surface area contributed by atoms with Crippen LogP contribution in [0.3, 0.4) is 0 Å². The van der Waals surface area contributed by atoms with E-state index in [2.05, 4.69) is 23.8 Å². The maximum atomic E-state index is 14.7. The molecule has 1 aromatic carbocycles. The predicted octanol–water partition coefficient (Wildman–Crippen LogP) is 8.09. The lowest BCUT2D eigenvalue weighted by atomic mass is 9.84. The number of hydrogen-bond donors (Lipinski definition) is 0. The molecule has 1 aliphatic rings. The Balaban J connectivity index is 1.45. The van der Waals surface area contributed by atoms with Crippen molar-refractivity contribution in [1.82, 2.24) is 9.97 Å². The summed E-state index contributed by atoms with van der Waals surface area (Å²) in [5, 5.41) is 0. The minimum atomic E-state index is -0.585. The lowest BCUT2D eigenvalue weighted by Crippen LogP contribution is -2.25. The Morgan fingerprint density at radius 2 is 1.62 bits per heavy atom. The largest absolute Gasteiger partial charge is 0.459 e. The van der Waals surface area contributed by atoms with Crippen LogP contribution in [0.5, 0.6) is 0 Å². The number of nitrogens with zero attached hydrogens (tertiary/aromatic N) is 2. The summed E-state index contributed by atoms with van der Waals surface area (Å²) in [6, 6.07) is 4.51. The topological polar surface area (TPSA) is 52.1 Å². The number of aryl methyl sites for hydroxylation is 1. The Morgan fingerprint density at radius 1 is 0.941 bits per heavy atom. The highest BCUT2D eigenvalue weighted by Crippen LogP contribution is 2.31. The van der Waals surface area contributed by atoms with Crippen LogP contribution in [0.1, 0.15) is 113 Å². The Kier molecular flexibility index (Phi) is 11.0. The van der Waals surface area contributed by atoms with Crippen molar-refractivity contribution in [2.75, 3.05) is 0 Å². The van der Waals surface area contributed by atoms with Gasteiger partial charge in [-0.1, -0.05) is 71.3 Å². The molecule has 1 fully saturated rings. The first-order valence-corrected chi connectivity index (χ1v) is 13.4. The molecule has 0 amide bonds. The minimum Gasteiger partial charge on any atom is -0.459 e. The van der Waals surface area contributed by atoms with Crippen LogP contribution in [0.25, 0.3) is 11.4 Å². The van der Waals surface area contributed by atoms with Gasteiger partial charge in [0.2, 0.25) is 0 Å². The first-order valence-electron chi connectivity index (χ1n) is 13.4. The fraction of sp³-hybridized carbons (Fsp3) is 0.621. The fourth-order valence-electron chi connectivity index (χ4n) is 4.80. The molecule has 5 heteroatoms. The third-order valence-corrected chi connectivity index (χ3v) is 7.00. The van der Waals surface area contributed by atoms with Gasteiger partial charge >= 0.3 is 5.97 Å². The molecule has 0 spiro atoms. The maximum Gasteiger partial charge on any atom is 0.341 e. The third kappa shape index (κ3) is 8.18. The summed E-state index contributed by atoms with van der Waals surface area (Å²) in [6.45, 7) is 4.39. The number of carbonyl (C=O) groups is 1. The summed E-state index contributed by atoms with van der Waals surface area (Å²) < 4.78 is 20.4. The van der Waals surface area contributed by atoms with Gasteiger partial charge in [0, 0.05) is 18.0 Å². The monoisotopic (exact) mass is 468 g/mol. The number of aromatic nitrogens is 2. The van der Waals surface area contributed by atoms with Crippen LogP contribution < -0.4 is 0 Å². The van der Waals surface area contributed by atoms with Crippen molar-refractivity contribution in [3.8, 4) is 11.4 Å². The SMILES string of the molecule is CCCCCCCC[C@H]1CC[C@H](OC(=O)c2ccc(-c3ncc(CCCC)cn3)cc2F)CC1. The van der Waals surface area contributed by atoms with E-state index in [0.29, 0.717) is 11.4 Å². The molecule has 3 rings (SSSR count). The quantitative estimate of drug-likeness (QED) is 0.220. The van der Waals surface area contributed by atoms with E-state index >= 15 is 0 Å². The fourth-order valence-corrected chi connectivity index (χ4v) is 4.80. The molecule has 1 aliphatic carbocycles. The van der Waals surface area contributed by atoms with Crippen LogP contribution in [0.4, 0.5) is 4.39 Å². The molecular weight excluding hydrogens is 427 g/mol. The molecule has 0 radical (unpaired) electrons. The molecule has 4 nitrogen and oxygen atoms in total. The minimum absolute atomic E-state index is 0.0162. The zero-order valence-electron chi connectivity index (χ0n) is 21.0. The molecule has 0 bridgehead atoms. The third-order valence-electron chi connectivity index (χ3n) is 7.00. The molecule has 2 aromatic rings. The summed E-state index contributed by atoms with van der Waals surface area (Å²) in [4.78, 5) is 21.3. The van der Waals surface area contributed by atoms with Gasteiger partial charge in [0.15, 0.2) is 5.82 Å². The standard InChI is InChI=1S/C29H41FN2O2/c1-3-5-7-8-9-10-12-22-13-16-25(17-14-22)34-29(33)26-18-15-24(19-27(26)30)28-31-20-23(21-32-28)11-6-4-2/h15,18-22,25H,3-14,16-17H2,1-2H3/t22-,25-. The first-order chi connectivity index (χ1) is 16.6. The number of halogens is 1. The van der Waals surface area contributed by atoms with Gasteiger partial charge in [0.05, 0.1) is 5.56 Å². The van der Waals surface area contributed by atoms with E-state index in [1.165, 1.54) is 57.1 Å². The normalized spacial score (nSPS) is 18.1. The first kappa shape index (κ1) is 26.3. The molecule has 0 N–H and O–H groups in total. The zero-order chi connectivity index (χ0) is 24.2. The molecule has 0 saturated heterocycles. The second-order valence-electron chi connectivity index (χ2n) is 9.82. The van der Waals surface area contributed by atoms with Crippen molar-refractivity contribution in [3.63, 3.8) is 0 Å². The number of benzene rings is 1. The van der Waals surface area contributed by atoms with E-state index < -0.39 is 11.8 Å². The highest BCUT2D eigenvalue weighted by Gasteiger charge is 2.25. The molecule has 0 atom stereocenters. The van der Waals surface area contributed by atoms with E-state index in [1.807, 2.05) is 0 Å². The second kappa shape index (κ2) is 14.2. The van der Waals surface area contributed by atoms with Gasteiger partial charge in [-0.05, 0) is 62.1 Å². The van der Waals surface area contributed by atoms with Crippen LogP contribution in [-0.2, 0) is 11.2 Å². The number of carbonyl (C=O) groups excluding carboxylic acids is 1. The van der Waals surface area contributed by atoms with Gasteiger partial charge in [0.1, 0.15) is 11.9 Å². The van der Waals surface area contributed by atoms with Crippen molar-refractivity contribution in [3.05, 3.63) is 47.5 Å². The maximum absolute atomic E-state index is 14.7. The van der Waals surface area contributed by atoms with Crippen molar-refractivity contribution in [2.45, 2.75) is 110 Å². The van der Waals surface area contributed by atoms with E-state index in [4.69, 9.17) is 4.74 Å². The smallest absolute Gasteiger partial charge is 0.341 e. The van der Waals surface area contributed by atoms with Crippen LogP contribution >= 0.6 is 0 Å². The van der Waals surface area contributed by atoms with Crippen molar-refractivity contribution >= 4 is 5.97 Å². The van der Waals surface area contributed by atoms with E-state index in [-0.39, 0.29) is 11.7 Å². The van der Waals surface area contributed by atoms with Crippen LogP contribution in [0.2, 0.25) is 0 Å². The molecule has 0 aliphatic heterocycles. The predicted molar refractivity (Wildman–Crippen MR) is 135 cm³/mol. The molecule has 0 unspecified atom stereocenters. The summed E-state index contributed by atoms with van der Waals surface area (Å²) in [7, 11) is 0. The van der Waals surface area contributed by atoms with Gasteiger partial charge in [0.25, 0.3) is 0 Å². The highest BCUT2D eigenvalue weighted by atomic mass is 19.1. The Hall–Kier alpha value is -2.30. The average Bonchev–Trinajstić information content (AvgIpc) is 2.86. The lowest BCUT2D eigenvalue weighted by Gasteiger charge is -2.28. The number of hydrogen-bond acceptors (Lipinski definition) is 4. The van der Waals surface area contributed by atoms with Gasteiger partial charge in [-0.3, -0.25) is 0 Å². The second-order valence-corrected chi connectivity index (χ2v) is 9.82. The van der Waals surface area contributed by atoms with E-state index in [0.717, 1.165) is 56.4 Å². The summed E-state index contributed by atoms with van der Waals surface area (Å²) >= 11 is 0. The molecule has 1 saturated carbocycles. The number of unbranched alkanes of at least 4 members (excludes halogenated alkanes) is 6. The Bertz CT molecular complexity index is 876. The number of esters is 1. The van der Waals surface area contributed by atoms with Crippen molar-refractivity contribution < 1.29 is 13.9 Å². The van der Waals surface area contributed by atoms with Crippen LogP contribution in [0.15, 0.2) is 30.6 Å². The van der Waals surface area contributed by atoms with E-state index in [9.17, 15) is 9.18 Å². The molecular formula is C29H41FN2O2. The van der Waals surface area contributed by atoms with Crippen molar-refractivity contribution in [1.29, 1.82) is 0 Å². The van der Waals surface area contributed by atoms with Crippen molar-refractivity contribution in [2.24, 2.45) is 5.92 Å². The lowest BCUT2D eigenvalue weighted by molar-refractivity contribution is 0.0156.